The number of amides is 1. The lowest BCUT2D eigenvalue weighted by atomic mass is 10.2. The normalized spacial score (nSPS) is 14.7. The number of hydrogen-bond acceptors (Lipinski definition) is 7. The second-order valence-electron chi connectivity index (χ2n) is 5.45. The van der Waals surface area contributed by atoms with Gasteiger partial charge in [-0.25, -0.2) is 0 Å². The van der Waals surface area contributed by atoms with Crippen LogP contribution in [0.2, 0.25) is 0 Å². The summed E-state index contributed by atoms with van der Waals surface area (Å²) in [7, 11) is 4.58. The predicted octanol–water partition coefficient (Wildman–Crippen LogP) is 0.540. The van der Waals surface area contributed by atoms with E-state index in [0.29, 0.717) is 29.5 Å². The van der Waals surface area contributed by atoms with Crippen LogP contribution in [-0.4, -0.2) is 78.1 Å². The molecule has 1 aliphatic heterocycles. The number of nitrogens with zero attached hydrogens (tertiary/aromatic N) is 1. The molecule has 0 saturated carbocycles. The first-order valence-electron chi connectivity index (χ1n) is 8.17. The SMILES string of the molecule is COc1cc(OCC(=O)NCCN2CCOCC2)cc(OC)c1OC. The van der Waals surface area contributed by atoms with Crippen molar-refractivity contribution >= 4 is 5.91 Å². The van der Waals surface area contributed by atoms with E-state index in [1.54, 1.807) is 12.1 Å². The van der Waals surface area contributed by atoms with E-state index in [-0.39, 0.29) is 12.5 Å². The van der Waals surface area contributed by atoms with Crippen LogP contribution in [0.15, 0.2) is 12.1 Å². The van der Waals surface area contributed by atoms with Crippen LogP contribution >= 0.6 is 0 Å². The number of hydrogen-bond donors (Lipinski definition) is 1. The monoisotopic (exact) mass is 354 g/mol. The Morgan fingerprint density at radius 3 is 2.32 bits per heavy atom. The van der Waals surface area contributed by atoms with Crippen LogP contribution in [0, 0.1) is 0 Å². The van der Waals surface area contributed by atoms with Crippen LogP contribution in [0.4, 0.5) is 0 Å². The third-order valence-corrected chi connectivity index (χ3v) is 3.86. The molecule has 8 nitrogen and oxygen atoms in total. The van der Waals surface area contributed by atoms with Gasteiger partial charge in [0.25, 0.3) is 5.91 Å². The van der Waals surface area contributed by atoms with Crippen LogP contribution in [-0.2, 0) is 9.53 Å². The van der Waals surface area contributed by atoms with Gasteiger partial charge in [-0.05, 0) is 0 Å². The highest BCUT2D eigenvalue weighted by Crippen LogP contribution is 2.40. The minimum absolute atomic E-state index is 0.0816. The Balaban J connectivity index is 1.80. The Labute approximate surface area is 147 Å². The first kappa shape index (κ1) is 19.1. The summed E-state index contributed by atoms with van der Waals surface area (Å²) in [6.07, 6.45) is 0. The van der Waals surface area contributed by atoms with Crippen LogP contribution in [0.5, 0.6) is 23.0 Å². The minimum atomic E-state index is -0.179. The second-order valence-corrected chi connectivity index (χ2v) is 5.45. The molecule has 25 heavy (non-hydrogen) atoms. The van der Waals surface area contributed by atoms with Crippen LogP contribution in [0.25, 0.3) is 0 Å². The number of carbonyl (C=O) groups excluding carboxylic acids is 1. The molecule has 0 aromatic heterocycles. The zero-order valence-electron chi connectivity index (χ0n) is 15.0. The summed E-state index contributed by atoms with van der Waals surface area (Å²) < 4.78 is 26.6. The Kier molecular flexibility index (Phi) is 7.62. The van der Waals surface area contributed by atoms with Crippen LogP contribution < -0.4 is 24.3 Å². The van der Waals surface area contributed by atoms with Gasteiger partial charge in [-0.3, -0.25) is 9.69 Å². The molecule has 8 heteroatoms. The summed E-state index contributed by atoms with van der Waals surface area (Å²) in [5, 5.41) is 2.85. The molecule has 1 amide bonds. The van der Waals surface area contributed by atoms with Crippen LogP contribution in [0.1, 0.15) is 0 Å². The molecule has 0 bridgehead atoms. The smallest absolute Gasteiger partial charge is 0.257 e. The van der Waals surface area contributed by atoms with Crippen molar-refractivity contribution in [2.45, 2.75) is 0 Å². The van der Waals surface area contributed by atoms with Crippen LogP contribution in [0.3, 0.4) is 0 Å². The molecule has 0 unspecified atom stereocenters. The van der Waals surface area contributed by atoms with Gasteiger partial charge >= 0.3 is 0 Å². The van der Waals surface area contributed by atoms with Gasteiger partial charge in [0, 0.05) is 38.3 Å². The molecule has 0 aliphatic carbocycles. The van der Waals surface area contributed by atoms with Gasteiger partial charge in [-0.1, -0.05) is 0 Å². The lowest BCUT2D eigenvalue weighted by Crippen LogP contribution is -2.42. The van der Waals surface area contributed by atoms with E-state index in [2.05, 4.69) is 10.2 Å². The average Bonchev–Trinajstić information content (AvgIpc) is 2.66. The first-order chi connectivity index (χ1) is 12.2. The number of morpholine rings is 1. The topological polar surface area (TPSA) is 78.5 Å². The highest BCUT2D eigenvalue weighted by molar-refractivity contribution is 5.77. The van der Waals surface area contributed by atoms with Crippen molar-refractivity contribution in [3.05, 3.63) is 12.1 Å². The molecule has 2 rings (SSSR count). The summed E-state index contributed by atoms with van der Waals surface area (Å²) in [6.45, 7) is 4.60. The number of rotatable bonds is 9. The molecule has 1 aromatic carbocycles. The summed E-state index contributed by atoms with van der Waals surface area (Å²) >= 11 is 0. The van der Waals surface area contributed by atoms with E-state index in [4.69, 9.17) is 23.7 Å². The molecular weight excluding hydrogens is 328 g/mol. The van der Waals surface area contributed by atoms with Gasteiger partial charge in [-0.15, -0.1) is 0 Å². The maximum atomic E-state index is 11.9. The van der Waals surface area contributed by atoms with Crippen molar-refractivity contribution in [3.63, 3.8) is 0 Å². The largest absolute Gasteiger partial charge is 0.493 e. The summed E-state index contributed by atoms with van der Waals surface area (Å²) in [6, 6.07) is 3.31. The zero-order valence-corrected chi connectivity index (χ0v) is 15.0. The van der Waals surface area contributed by atoms with Gasteiger partial charge < -0.3 is 29.0 Å². The van der Waals surface area contributed by atoms with Gasteiger partial charge in [0.15, 0.2) is 18.1 Å². The quantitative estimate of drug-likeness (QED) is 0.693. The Bertz CT molecular complexity index is 535. The van der Waals surface area contributed by atoms with E-state index >= 15 is 0 Å². The lowest BCUT2D eigenvalue weighted by molar-refractivity contribution is -0.123. The molecular formula is C17H26N2O6. The third kappa shape index (κ3) is 5.68. The Hall–Kier alpha value is -2.19. The van der Waals surface area contributed by atoms with Gasteiger partial charge in [-0.2, -0.15) is 0 Å². The number of nitrogens with one attached hydrogen (secondary N) is 1. The molecule has 140 valence electrons. The standard InChI is InChI=1S/C17H26N2O6/c1-21-14-10-13(11-15(22-2)17(14)23-3)25-12-16(20)18-4-5-19-6-8-24-9-7-19/h10-11H,4-9,12H2,1-3H3,(H,18,20). The molecule has 0 radical (unpaired) electrons. The van der Waals surface area contributed by atoms with Gasteiger partial charge in [0.2, 0.25) is 5.75 Å². The fourth-order valence-electron chi connectivity index (χ4n) is 2.52. The molecule has 1 N–H and O–H groups in total. The number of ether oxygens (including phenoxy) is 5. The molecule has 1 fully saturated rings. The van der Waals surface area contributed by atoms with Crippen molar-refractivity contribution in [2.24, 2.45) is 0 Å². The van der Waals surface area contributed by atoms with Crippen molar-refractivity contribution < 1.29 is 28.5 Å². The lowest BCUT2D eigenvalue weighted by Gasteiger charge is -2.26. The first-order valence-corrected chi connectivity index (χ1v) is 8.17. The van der Waals surface area contributed by atoms with E-state index in [1.807, 2.05) is 0 Å². The van der Waals surface area contributed by atoms with Gasteiger partial charge in [0.05, 0.1) is 34.5 Å². The van der Waals surface area contributed by atoms with Crippen molar-refractivity contribution in [2.75, 3.05) is 67.3 Å². The highest BCUT2D eigenvalue weighted by Gasteiger charge is 2.15. The maximum Gasteiger partial charge on any atom is 0.257 e. The average molecular weight is 354 g/mol. The molecule has 1 saturated heterocycles. The Morgan fingerprint density at radius 1 is 1.12 bits per heavy atom. The molecule has 1 aromatic rings. The summed E-state index contributed by atoms with van der Waals surface area (Å²) in [4.78, 5) is 14.2. The van der Waals surface area contributed by atoms with E-state index in [9.17, 15) is 4.79 Å². The van der Waals surface area contributed by atoms with E-state index in [0.717, 1.165) is 32.8 Å². The second kappa shape index (κ2) is 9.95. The summed E-state index contributed by atoms with van der Waals surface area (Å²) in [5.74, 6) is 1.72. The van der Waals surface area contributed by atoms with Gasteiger partial charge in [0.1, 0.15) is 5.75 Å². The predicted molar refractivity (Wildman–Crippen MR) is 91.9 cm³/mol. The van der Waals surface area contributed by atoms with Crippen molar-refractivity contribution in [3.8, 4) is 23.0 Å². The molecule has 1 aliphatic rings. The van der Waals surface area contributed by atoms with E-state index in [1.165, 1.54) is 21.3 Å². The fourth-order valence-corrected chi connectivity index (χ4v) is 2.52. The van der Waals surface area contributed by atoms with E-state index < -0.39 is 0 Å². The van der Waals surface area contributed by atoms with Crippen molar-refractivity contribution in [1.29, 1.82) is 0 Å². The molecule has 0 spiro atoms. The molecule has 0 atom stereocenters. The number of methoxy groups -OCH3 is 3. The fraction of sp³-hybridized carbons (Fsp3) is 0.588. The third-order valence-electron chi connectivity index (χ3n) is 3.86. The highest BCUT2D eigenvalue weighted by atomic mass is 16.5. The molecule has 1 heterocycles. The number of benzene rings is 1. The Morgan fingerprint density at radius 2 is 1.76 bits per heavy atom. The van der Waals surface area contributed by atoms with Crippen molar-refractivity contribution in [1.82, 2.24) is 10.2 Å². The summed E-state index contributed by atoms with van der Waals surface area (Å²) in [5.41, 5.74) is 0. The maximum absolute atomic E-state index is 11.9. The minimum Gasteiger partial charge on any atom is -0.493 e. The zero-order chi connectivity index (χ0) is 18.1. The number of carbonyl (C=O) groups is 1.